The largest absolute Gasteiger partial charge is 0.503 e. The van der Waals surface area contributed by atoms with Crippen LogP contribution in [-0.2, 0) is 4.79 Å². The minimum atomic E-state index is -0.855. The molecular weight excluding hydrogens is 392 g/mol. The van der Waals surface area contributed by atoms with Crippen molar-refractivity contribution in [2.45, 2.75) is 19.9 Å². The molecule has 1 N–H and O–H groups in total. The topological polar surface area (TPSA) is 92.9 Å². The van der Waals surface area contributed by atoms with Crippen LogP contribution in [-0.4, -0.2) is 28.4 Å². The quantitative estimate of drug-likeness (QED) is 0.612. The highest BCUT2D eigenvalue weighted by Crippen LogP contribution is 2.43. The predicted octanol–water partition coefficient (Wildman–Crippen LogP) is 4.23. The zero-order valence-corrected chi connectivity index (χ0v) is 16.6. The van der Waals surface area contributed by atoms with Gasteiger partial charge in [0.25, 0.3) is 5.91 Å². The van der Waals surface area contributed by atoms with E-state index < -0.39 is 23.5 Å². The van der Waals surface area contributed by atoms with E-state index >= 15 is 0 Å². The highest BCUT2D eigenvalue weighted by Gasteiger charge is 2.46. The summed E-state index contributed by atoms with van der Waals surface area (Å²) < 4.78 is 11.0. The molecule has 148 valence electrons. The van der Waals surface area contributed by atoms with E-state index in [1.54, 1.807) is 48.8 Å². The highest BCUT2D eigenvalue weighted by molar-refractivity contribution is 7.13. The number of hydrogen-bond donors (Lipinski definition) is 1. The van der Waals surface area contributed by atoms with E-state index in [9.17, 15) is 14.7 Å². The number of hydrogen-bond acceptors (Lipinski definition) is 7. The van der Waals surface area contributed by atoms with Gasteiger partial charge in [-0.25, -0.2) is 4.98 Å². The van der Waals surface area contributed by atoms with Gasteiger partial charge in [0.15, 0.2) is 16.7 Å². The maximum absolute atomic E-state index is 13.2. The Bertz CT molecular complexity index is 1100. The third kappa shape index (κ3) is 3.31. The molecular formula is C21H18N2O5S. The first-order valence-electron chi connectivity index (χ1n) is 9.01. The first-order chi connectivity index (χ1) is 14.0. The van der Waals surface area contributed by atoms with Gasteiger partial charge in [0.1, 0.15) is 11.5 Å². The van der Waals surface area contributed by atoms with Crippen molar-refractivity contribution >= 4 is 28.2 Å². The van der Waals surface area contributed by atoms with Gasteiger partial charge in [-0.3, -0.25) is 14.5 Å². The molecule has 0 aliphatic carbocycles. The van der Waals surface area contributed by atoms with Crippen molar-refractivity contribution in [3.8, 4) is 5.75 Å². The minimum Gasteiger partial charge on any atom is -0.503 e. The summed E-state index contributed by atoms with van der Waals surface area (Å²) in [6, 6.07) is 9.43. The number of aliphatic hydroxyl groups is 1. The molecule has 0 saturated carbocycles. The summed E-state index contributed by atoms with van der Waals surface area (Å²) in [5.41, 5.74) is 0.573. The van der Waals surface area contributed by atoms with Crippen molar-refractivity contribution < 1.29 is 23.8 Å². The number of ketones is 1. The number of aryl methyl sites for hydroxylation is 1. The van der Waals surface area contributed by atoms with E-state index in [1.165, 1.54) is 22.3 Å². The van der Waals surface area contributed by atoms with Gasteiger partial charge < -0.3 is 14.3 Å². The summed E-state index contributed by atoms with van der Waals surface area (Å²) in [5.74, 6) is -0.615. The van der Waals surface area contributed by atoms with Gasteiger partial charge in [0.05, 0.1) is 18.2 Å². The Labute approximate surface area is 170 Å². The lowest BCUT2D eigenvalue weighted by Crippen LogP contribution is -2.30. The van der Waals surface area contributed by atoms with E-state index in [4.69, 9.17) is 9.15 Å². The third-order valence-electron chi connectivity index (χ3n) is 4.53. The number of rotatable bonds is 6. The average Bonchev–Trinajstić information content (AvgIpc) is 3.43. The molecule has 1 amide bonds. The Hall–Kier alpha value is -3.39. The van der Waals surface area contributed by atoms with Crippen LogP contribution in [0.1, 0.15) is 34.8 Å². The Morgan fingerprint density at radius 3 is 2.83 bits per heavy atom. The number of thiazole rings is 1. The number of carbonyl (C=O) groups is 2. The standard InChI is InChI=1S/C21H18N2O5S/c1-3-27-14-6-4-5-13(11-14)17-16(18(24)15-8-7-12(2)28-15)19(25)20(26)23(17)21-22-9-10-29-21/h4-11,17,25H,3H2,1-2H3/t17-/m0/s1. The normalized spacial score (nSPS) is 16.6. The van der Waals surface area contributed by atoms with Crippen molar-refractivity contribution in [3.63, 3.8) is 0 Å². The molecule has 0 radical (unpaired) electrons. The van der Waals surface area contributed by atoms with Crippen LogP contribution in [0.4, 0.5) is 5.13 Å². The van der Waals surface area contributed by atoms with E-state index in [0.29, 0.717) is 28.8 Å². The van der Waals surface area contributed by atoms with Crippen LogP contribution >= 0.6 is 11.3 Å². The molecule has 1 atom stereocenters. The van der Waals surface area contributed by atoms with E-state index in [0.717, 1.165) is 0 Å². The summed E-state index contributed by atoms with van der Waals surface area (Å²) >= 11 is 1.24. The predicted molar refractivity (Wildman–Crippen MR) is 107 cm³/mol. The number of carbonyl (C=O) groups excluding carboxylic acids is 2. The molecule has 4 rings (SSSR count). The molecule has 3 heterocycles. The fourth-order valence-electron chi connectivity index (χ4n) is 3.32. The monoisotopic (exact) mass is 410 g/mol. The first-order valence-corrected chi connectivity index (χ1v) is 9.89. The maximum atomic E-state index is 13.2. The lowest BCUT2D eigenvalue weighted by Gasteiger charge is -2.24. The number of nitrogens with zero attached hydrogens (tertiary/aromatic N) is 2. The Kier molecular flexibility index (Phi) is 4.94. The van der Waals surface area contributed by atoms with Crippen LogP contribution in [0.3, 0.4) is 0 Å². The fraction of sp³-hybridized carbons (Fsp3) is 0.190. The number of aromatic nitrogens is 1. The van der Waals surface area contributed by atoms with Gasteiger partial charge >= 0.3 is 0 Å². The molecule has 0 saturated heterocycles. The summed E-state index contributed by atoms with van der Waals surface area (Å²) in [4.78, 5) is 31.6. The third-order valence-corrected chi connectivity index (χ3v) is 5.30. The summed E-state index contributed by atoms with van der Waals surface area (Å²) in [5, 5.41) is 12.7. The van der Waals surface area contributed by atoms with Crippen LogP contribution in [0.25, 0.3) is 0 Å². The van der Waals surface area contributed by atoms with Gasteiger partial charge in [-0.1, -0.05) is 12.1 Å². The molecule has 0 fully saturated rings. The second kappa shape index (κ2) is 7.56. The molecule has 1 aliphatic heterocycles. The molecule has 1 aromatic carbocycles. The zero-order valence-electron chi connectivity index (χ0n) is 15.8. The van der Waals surface area contributed by atoms with Crippen molar-refractivity contribution in [3.05, 3.63) is 76.4 Å². The van der Waals surface area contributed by atoms with E-state index in [1.807, 2.05) is 6.92 Å². The number of anilines is 1. The van der Waals surface area contributed by atoms with Crippen molar-refractivity contribution in [1.29, 1.82) is 0 Å². The minimum absolute atomic E-state index is 0.0480. The van der Waals surface area contributed by atoms with Crippen LogP contribution in [0.2, 0.25) is 0 Å². The Morgan fingerprint density at radius 2 is 2.17 bits per heavy atom. The highest BCUT2D eigenvalue weighted by atomic mass is 32.1. The fourth-order valence-corrected chi connectivity index (χ4v) is 3.98. The summed E-state index contributed by atoms with van der Waals surface area (Å²) in [6.07, 6.45) is 1.56. The lowest BCUT2D eigenvalue weighted by atomic mass is 9.95. The van der Waals surface area contributed by atoms with E-state index in [2.05, 4.69) is 4.98 Å². The van der Waals surface area contributed by atoms with Gasteiger partial charge in [0, 0.05) is 11.6 Å². The second-order valence-electron chi connectivity index (χ2n) is 6.40. The number of benzene rings is 1. The number of amides is 1. The molecule has 8 heteroatoms. The molecule has 3 aromatic rings. The van der Waals surface area contributed by atoms with Gasteiger partial charge in [-0.2, -0.15) is 0 Å². The van der Waals surface area contributed by atoms with Gasteiger partial charge in [-0.15, -0.1) is 11.3 Å². The lowest BCUT2D eigenvalue weighted by molar-refractivity contribution is -0.117. The van der Waals surface area contributed by atoms with Gasteiger partial charge in [-0.05, 0) is 43.7 Å². The smallest absolute Gasteiger partial charge is 0.296 e. The number of furan rings is 1. The molecule has 29 heavy (non-hydrogen) atoms. The van der Waals surface area contributed by atoms with Crippen molar-refractivity contribution in [2.75, 3.05) is 11.5 Å². The van der Waals surface area contributed by atoms with Crippen LogP contribution in [0.5, 0.6) is 5.75 Å². The van der Waals surface area contributed by atoms with Crippen LogP contribution in [0.15, 0.2) is 63.7 Å². The number of ether oxygens (including phenoxy) is 1. The number of Topliss-reactive ketones (excluding diaryl/α,β-unsaturated/α-hetero) is 1. The number of aliphatic hydroxyl groups excluding tert-OH is 1. The molecule has 7 nitrogen and oxygen atoms in total. The molecule has 0 bridgehead atoms. The Morgan fingerprint density at radius 1 is 1.34 bits per heavy atom. The summed E-state index contributed by atoms with van der Waals surface area (Å²) in [6.45, 7) is 4.06. The summed E-state index contributed by atoms with van der Waals surface area (Å²) in [7, 11) is 0. The zero-order chi connectivity index (χ0) is 20.5. The SMILES string of the molecule is CCOc1cccc([C@H]2C(C(=O)c3ccc(C)o3)=C(O)C(=O)N2c2nccs2)c1. The van der Waals surface area contributed by atoms with Crippen molar-refractivity contribution in [2.24, 2.45) is 0 Å². The molecule has 1 aliphatic rings. The maximum Gasteiger partial charge on any atom is 0.296 e. The van der Waals surface area contributed by atoms with Crippen LogP contribution in [0, 0.1) is 6.92 Å². The van der Waals surface area contributed by atoms with Crippen LogP contribution < -0.4 is 9.64 Å². The Balaban J connectivity index is 1.86. The second-order valence-corrected chi connectivity index (χ2v) is 7.27. The average molecular weight is 410 g/mol. The molecule has 0 spiro atoms. The van der Waals surface area contributed by atoms with Crippen molar-refractivity contribution in [1.82, 2.24) is 4.98 Å². The molecule has 0 unspecified atom stereocenters. The van der Waals surface area contributed by atoms with E-state index in [-0.39, 0.29) is 11.3 Å². The van der Waals surface area contributed by atoms with Gasteiger partial charge in [0.2, 0.25) is 5.78 Å². The first kappa shape index (κ1) is 18.9. The molecule has 2 aromatic heterocycles.